The van der Waals surface area contributed by atoms with Gasteiger partial charge in [-0.15, -0.1) is 0 Å². The van der Waals surface area contributed by atoms with Gasteiger partial charge in [0.2, 0.25) is 0 Å². The molecule has 0 aromatic carbocycles. The fraction of sp³-hybridized carbons (Fsp3) is 0. The van der Waals surface area contributed by atoms with Crippen LogP contribution in [0.4, 0.5) is 0 Å². The minimum atomic E-state index is 0.444. The van der Waals surface area contributed by atoms with Crippen LogP contribution in [-0.4, -0.2) is 9.54 Å². The fourth-order valence-corrected chi connectivity index (χ4v) is 0.817. The molecule has 0 amide bonds. The van der Waals surface area contributed by atoms with Gasteiger partial charge in [0.15, 0.2) is 0 Å². The molecule has 0 aliphatic heterocycles. The van der Waals surface area contributed by atoms with Crippen molar-refractivity contribution in [3.63, 3.8) is 0 Å². The van der Waals surface area contributed by atoms with E-state index >= 15 is 0 Å². The monoisotopic (exact) mass is 152 g/mol. The van der Waals surface area contributed by atoms with Gasteiger partial charge in [-0.2, -0.15) is 5.26 Å². The molecule has 1 aromatic heterocycles. The van der Waals surface area contributed by atoms with Gasteiger partial charge in [0.25, 0.3) is 0 Å². The van der Waals surface area contributed by atoms with Crippen molar-refractivity contribution in [2.45, 2.75) is 5.03 Å². The van der Waals surface area contributed by atoms with Gasteiger partial charge in [-0.05, 0) is 12.1 Å². The molecule has 10 heavy (non-hydrogen) atoms. The summed E-state index contributed by atoms with van der Waals surface area (Å²) in [7, 11) is 0. The highest BCUT2D eigenvalue weighted by molar-refractivity contribution is 7.93. The predicted octanol–water partition coefficient (Wildman–Crippen LogP) is 1.52. The summed E-state index contributed by atoms with van der Waals surface area (Å²) in [5.74, 6) is 0. The van der Waals surface area contributed by atoms with E-state index < -0.39 is 0 Å². The Morgan fingerprint density at radius 3 is 3.10 bits per heavy atom. The van der Waals surface area contributed by atoms with Gasteiger partial charge in [0.1, 0.15) is 5.03 Å². The molecule has 1 heterocycles. The van der Waals surface area contributed by atoms with Crippen LogP contribution < -0.4 is 0 Å². The van der Waals surface area contributed by atoms with E-state index in [1.165, 1.54) is 12.3 Å². The third-order valence-corrected chi connectivity index (χ3v) is 1.37. The number of hydrogen-bond donors (Lipinski definition) is 1. The van der Waals surface area contributed by atoms with Crippen molar-refractivity contribution >= 4 is 12.0 Å². The summed E-state index contributed by atoms with van der Waals surface area (Å²) in [6, 6.07) is 5.04. The van der Waals surface area contributed by atoms with Crippen LogP contribution in [0, 0.1) is 11.3 Å². The Hall–Kier alpha value is -1.05. The molecule has 1 N–H and O–H groups in total. The van der Waals surface area contributed by atoms with Gasteiger partial charge in [0.05, 0.1) is 11.6 Å². The largest absolute Gasteiger partial charge is 0.324 e. The Kier molecular flexibility index (Phi) is 2.26. The Morgan fingerprint density at radius 2 is 2.50 bits per heavy atom. The zero-order valence-corrected chi connectivity index (χ0v) is 5.80. The van der Waals surface area contributed by atoms with Crippen LogP contribution in [0.15, 0.2) is 23.4 Å². The quantitative estimate of drug-likeness (QED) is 0.620. The van der Waals surface area contributed by atoms with E-state index in [4.69, 9.17) is 9.81 Å². The molecular formula is C6H4N2OS. The normalized spacial score (nSPS) is 8.80. The topological polar surface area (TPSA) is 56.9 Å². The summed E-state index contributed by atoms with van der Waals surface area (Å²) >= 11 is 0.536. The lowest BCUT2D eigenvalue weighted by Crippen LogP contribution is -1.79. The van der Waals surface area contributed by atoms with Crippen LogP contribution in [0.5, 0.6) is 0 Å². The third kappa shape index (κ3) is 1.47. The summed E-state index contributed by atoms with van der Waals surface area (Å²) in [5, 5.41) is 8.83. The molecule has 1 rings (SSSR count). The summed E-state index contributed by atoms with van der Waals surface area (Å²) in [6.45, 7) is 0. The van der Waals surface area contributed by atoms with Gasteiger partial charge in [-0.25, -0.2) is 4.98 Å². The van der Waals surface area contributed by atoms with Crippen LogP contribution in [0.2, 0.25) is 0 Å². The van der Waals surface area contributed by atoms with Crippen LogP contribution in [0.25, 0.3) is 0 Å². The molecule has 0 spiro atoms. The Morgan fingerprint density at radius 1 is 1.70 bits per heavy atom. The van der Waals surface area contributed by atoms with Crippen molar-refractivity contribution in [3.8, 4) is 6.07 Å². The van der Waals surface area contributed by atoms with Gasteiger partial charge in [-0.1, -0.05) is 0 Å². The summed E-state index contributed by atoms with van der Waals surface area (Å²) in [5.41, 5.74) is 0.506. The molecule has 0 unspecified atom stereocenters. The van der Waals surface area contributed by atoms with E-state index in [-0.39, 0.29) is 0 Å². The van der Waals surface area contributed by atoms with E-state index in [9.17, 15) is 0 Å². The Labute approximate surface area is 62.5 Å². The molecule has 0 aliphatic rings. The minimum absolute atomic E-state index is 0.444. The SMILES string of the molecule is N#Cc1ccnc(SO)c1. The minimum Gasteiger partial charge on any atom is -0.324 e. The van der Waals surface area contributed by atoms with Gasteiger partial charge in [-0.3, -0.25) is 0 Å². The number of pyridine rings is 1. The maximum absolute atomic E-state index is 8.50. The van der Waals surface area contributed by atoms with Gasteiger partial charge in [0, 0.05) is 18.2 Å². The molecule has 0 radical (unpaired) electrons. The highest BCUT2D eigenvalue weighted by atomic mass is 32.2. The van der Waals surface area contributed by atoms with E-state index in [2.05, 4.69) is 4.98 Å². The van der Waals surface area contributed by atoms with Crippen molar-refractivity contribution in [1.82, 2.24) is 4.98 Å². The smallest absolute Gasteiger partial charge is 0.124 e. The molecule has 3 nitrogen and oxygen atoms in total. The summed E-state index contributed by atoms with van der Waals surface area (Å²) in [6.07, 6.45) is 1.48. The lowest BCUT2D eigenvalue weighted by atomic mass is 10.3. The molecule has 0 fully saturated rings. The second-order valence-corrected chi connectivity index (χ2v) is 2.19. The fourth-order valence-electron chi connectivity index (χ4n) is 0.529. The Balaban J connectivity index is 3.01. The van der Waals surface area contributed by atoms with Crippen molar-refractivity contribution in [2.24, 2.45) is 0 Å². The van der Waals surface area contributed by atoms with E-state index in [1.807, 2.05) is 6.07 Å². The van der Waals surface area contributed by atoms with Gasteiger partial charge >= 0.3 is 0 Å². The molecule has 1 aromatic rings. The van der Waals surface area contributed by atoms with Crippen molar-refractivity contribution in [3.05, 3.63) is 23.9 Å². The standard InChI is InChI=1S/C6H4N2OS/c7-4-5-1-2-8-6(3-5)10-9/h1-3,9H. The highest BCUT2D eigenvalue weighted by Gasteiger charge is 1.93. The molecule has 0 saturated carbocycles. The maximum Gasteiger partial charge on any atom is 0.124 e. The van der Waals surface area contributed by atoms with Crippen LogP contribution in [0.3, 0.4) is 0 Å². The number of hydrogen-bond acceptors (Lipinski definition) is 4. The molecule has 0 saturated heterocycles. The first-order chi connectivity index (χ1) is 4.86. The zero-order chi connectivity index (χ0) is 7.40. The van der Waals surface area contributed by atoms with Crippen molar-refractivity contribution < 1.29 is 4.55 Å². The number of nitriles is 1. The number of aromatic nitrogens is 1. The number of rotatable bonds is 1. The predicted molar refractivity (Wildman–Crippen MR) is 37.4 cm³/mol. The van der Waals surface area contributed by atoms with Crippen LogP contribution in [-0.2, 0) is 0 Å². The van der Waals surface area contributed by atoms with E-state index in [0.29, 0.717) is 22.6 Å². The molecule has 4 heteroatoms. The second kappa shape index (κ2) is 3.20. The lowest BCUT2D eigenvalue weighted by molar-refractivity contribution is 0.660. The lowest BCUT2D eigenvalue weighted by Gasteiger charge is -1.90. The Bertz CT molecular complexity index is 269. The van der Waals surface area contributed by atoms with E-state index in [0.717, 1.165) is 0 Å². The van der Waals surface area contributed by atoms with Crippen LogP contribution >= 0.6 is 12.0 Å². The summed E-state index contributed by atoms with van der Waals surface area (Å²) in [4.78, 5) is 3.77. The van der Waals surface area contributed by atoms with Gasteiger partial charge < -0.3 is 4.55 Å². The molecule has 0 atom stereocenters. The third-order valence-electron chi connectivity index (χ3n) is 0.957. The second-order valence-electron chi connectivity index (χ2n) is 1.59. The first-order valence-electron chi connectivity index (χ1n) is 2.54. The van der Waals surface area contributed by atoms with Crippen molar-refractivity contribution in [1.29, 1.82) is 5.26 Å². The summed E-state index contributed by atoms with van der Waals surface area (Å²) < 4.78 is 8.50. The molecule has 0 bridgehead atoms. The zero-order valence-electron chi connectivity index (χ0n) is 4.98. The van der Waals surface area contributed by atoms with Crippen molar-refractivity contribution in [2.75, 3.05) is 0 Å². The number of nitrogens with zero attached hydrogens (tertiary/aromatic N) is 2. The van der Waals surface area contributed by atoms with Crippen LogP contribution in [0.1, 0.15) is 5.56 Å². The average Bonchev–Trinajstić information content (AvgIpc) is 2.05. The molecule has 0 aliphatic carbocycles. The molecular weight excluding hydrogens is 148 g/mol. The highest BCUT2D eigenvalue weighted by Crippen LogP contribution is 2.10. The maximum atomic E-state index is 8.50. The first-order valence-corrected chi connectivity index (χ1v) is 3.31. The van der Waals surface area contributed by atoms with E-state index in [1.54, 1.807) is 6.07 Å². The molecule has 50 valence electrons. The average molecular weight is 152 g/mol. The first kappa shape index (κ1) is 7.06.